The second-order valence-corrected chi connectivity index (χ2v) is 9.39. The molecule has 0 spiro atoms. The van der Waals surface area contributed by atoms with Gasteiger partial charge >= 0.3 is 0 Å². The molecular weight excluding hydrogens is 418 g/mol. The van der Waals surface area contributed by atoms with Gasteiger partial charge in [-0.2, -0.15) is 4.31 Å². The Kier molecular flexibility index (Phi) is 4.64. The van der Waals surface area contributed by atoms with Gasteiger partial charge in [0.05, 0.1) is 10.4 Å². The van der Waals surface area contributed by atoms with Gasteiger partial charge in [0.25, 0.3) is 5.69 Å². The van der Waals surface area contributed by atoms with Gasteiger partial charge in [-0.1, -0.05) is 18.2 Å². The number of nitrogens with zero attached hydrogens (tertiary/aromatic N) is 2. The largest absolute Gasteiger partial charge is 0.456 e. The third-order valence-corrected chi connectivity index (χ3v) is 7.45. The van der Waals surface area contributed by atoms with Crippen molar-refractivity contribution in [2.45, 2.75) is 17.7 Å². The molecule has 0 radical (unpaired) electrons. The number of hydrogen-bond acceptors (Lipinski definition) is 5. The monoisotopic (exact) mass is 437 g/mol. The minimum atomic E-state index is -3.91. The Morgan fingerprint density at radius 3 is 2.45 bits per heavy atom. The molecule has 1 fully saturated rings. The molecule has 2 heterocycles. The van der Waals surface area contributed by atoms with Crippen molar-refractivity contribution in [3.05, 3.63) is 70.8 Å². The normalized spacial score (nSPS) is 15.0. The third kappa shape index (κ3) is 3.41. The number of aromatic nitrogens is 1. The zero-order valence-corrected chi connectivity index (χ0v) is 17.3. The molecule has 3 aromatic carbocycles. The van der Waals surface area contributed by atoms with Crippen LogP contribution in [0.4, 0.5) is 5.69 Å². The number of nitrogens with one attached hydrogen (secondary N) is 1. The smallest absolute Gasteiger partial charge is 0.271 e. The second-order valence-electron chi connectivity index (χ2n) is 7.48. The predicted octanol–water partition coefficient (Wildman–Crippen LogP) is 4.81. The molecule has 1 saturated heterocycles. The van der Waals surface area contributed by atoms with E-state index in [1.165, 1.54) is 16.4 Å². The Morgan fingerprint density at radius 1 is 0.935 bits per heavy atom. The summed E-state index contributed by atoms with van der Waals surface area (Å²) in [6.45, 7) is 0.789. The molecule has 31 heavy (non-hydrogen) atoms. The summed E-state index contributed by atoms with van der Waals surface area (Å²) in [5.41, 5.74) is 1.54. The maximum Gasteiger partial charge on any atom is 0.271 e. The lowest BCUT2D eigenvalue weighted by atomic mass is 10.1. The fourth-order valence-electron chi connectivity index (χ4n) is 3.99. The molecule has 5 rings (SSSR count). The lowest BCUT2D eigenvalue weighted by Gasteiger charge is -2.18. The number of hydrogen-bond donors (Lipinski definition) is 1. The lowest BCUT2D eigenvalue weighted by Crippen LogP contribution is -2.28. The van der Waals surface area contributed by atoms with Crippen molar-refractivity contribution in [1.29, 1.82) is 0 Å². The van der Waals surface area contributed by atoms with E-state index in [4.69, 9.17) is 4.74 Å². The van der Waals surface area contributed by atoms with Gasteiger partial charge in [-0.15, -0.1) is 0 Å². The molecule has 1 N–H and O–H groups in total. The van der Waals surface area contributed by atoms with Crippen molar-refractivity contribution in [1.82, 2.24) is 9.29 Å². The van der Waals surface area contributed by atoms with Gasteiger partial charge in [-0.05, 0) is 37.1 Å². The van der Waals surface area contributed by atoms with Crippen LogP contribution in [0, 0.1) is 10.1 Å². The Morgan fingerprint density at radius 2 is 1.68 bits per heavy atom. The highest BCUT2D eigenvalue weighted by atomic mass is 32.2. The number of nitro benzene ring substituents is 1. The van der Waals surface area contributed by atoms with Gasteiger partial charge in [0.1, 0.15) is 16.4 Å². The zero-order chi connectivity index (χ0) is 21.6. The van der Waals surface area contributed by atoms with Crippen LogP contribution >= 0.6 is 0 Å². The average Bonchev–Trinajstić information content (AvgIpc) is 3.42. The molecule has 9 heteroatoms. The summed E-state index contributed by atoms with van der Waals surface area (Å²) in [5.74, 6) is 0.499. The summed E-state index contributed by atoms with van der Waals surface area (Å²) in [7, 11) is -3.91. The summed E-state index contributed by atoms with van der Waals surface area (Å²) in [4.78, 5) is 13.8. The highest BCUT2D eigenvalue weighted by Crippen LogP contribution is 2.36. The Hall–Kier alpha value is -3.43. The number of fused-ring (bicyclic) bond motifs is 3. The van der Waals surface area contributed by atoms with Gasteiger partial charge in [0.2, 0.25) is 10.0 Å². The number of para-hydroxylation sites is 1. The van der Waals surface area contributed by atoms with Crippen LogP contribution in [0.1, 0.15) is 12.8 Å². The van der Waals surface area contributed by atoms with Gasteiger partial charge in [0.15, 0.2) is 0 Å². The summed E-state index contributed by atoms with van der Waals surface area (Å²) in [6.07, 6.45) is 1.53. The first kappa shape index (κ1) is 19.5. The molecule has 0 atom stereocenters. The number of non-ortho nitro benzene ring substituents is 1. The van der Waals surface area contributed by atoms with Gasteiger partial charge in [0, 0.05) is 47.6 Å². The van der Waals surface area contributed by atoms with Gasteiger partial charge < -0.3 is 9.72 Å². The van der Waals surface area contributed by atoms with E-state index >= 15 is 0 Å². The molecule has 0 unspecified atom stereocenters. The molecule has 1 aliphatic heterocycles. The molecule has 0 amide bonds. The maximum absolute atomic E-state index is 13.2. The Labute approximate surface area is 178 Å². The number of benzene rings is 3. The van der Waals surface area contributed by atoms with Crippen molar-refractivity contribution < 1.29 is 18.1 Å². The van der Waals surface area contributed by atoms with Crippen molar-refractivity contribution in [2.75, 3.05) is 13.1 Å². The molecule has 4 aromatic rings. The maximum atomic E-state index is 13.2. The molecule has 1 aliphatic rings. The first-order valence-corrected chi connectivity index (χ1v) is 11.3. The highest BCUT2D eigenvalue weighted by Gasteiger charge is 2.32. The zero-order valence-electron chi connectivity index (χ0n) is 16.4. The van der Waals surface area contributed by atoms with E-state index in [1.54, 1.807) is 12.1 Å². The van der Waals surface area contributed by atoms with Crippen molar-refractivity contribution >= 4 is 37.5 Å². The third-order valence-electron chi connectivity index (χ3n) is 5.53. The fourth-order valence-corrected chi connectivity index (χ4v) is 5.64. The molecular formula is C22H19N3O5S. The van der Waals surface area contributed by atoms with Crippen molar-refractivity contribution in [2.24, 2.45) is 0 Å². The highest BCUT2D eigenvalue weighted by molar-refractivity contribution is 7.89. The summed E-state index contributed by atoms with van der Waals surface area (Å²) < 4.78 is 33.6. The molecule has 8 nitrogen and oxygen atoms in total. The number of H-pyrrole nitrogens is 1. The van der Waals surface area contributed by atoms with Gasteiger partial charge in [-0.25, -0.2) is 8.42 Å². The van der Waals surface area contributed by atoms with Crippen LogP contribution in [-0.4, -0.2) is 35.7 Å². The minimum absolute atomic E-state index is 0.0629. The van der Waals surface area contributed by atoms with Crippen molar-refractivity contribution in [3.63, 3.8) is 0 Å². The summed E-state index contributed by atoms with van der Waals surface area (Å²) >= 11 is 0. The van der Waals surface area contributed by atoms with E-state index in [0.717, 1.165) is 40.7 Å². The van der Waals surface area contributed by atoms with Crippen LogP contribution in [0.5, 0.6) is 11.5 Å². The average molecular weight is 437 g/mol. The number of rotatable bonds is 5. The predicted molar refractivity (Wildman–Crippen MR) is 117 cm³/mol. The van der Waals surface area contributed by atoms with E-state index in [9.17, 15) is 18.5 Å². The van der Waals surface area contributed by atoms with Crippen molar-refractivity contribution in [3.8, 4) is 11.5 Å². The van der Waals surface area contributed by atoms with E-state index < -0.39 is 14.9 Å². The van der Waals surface area contributed by atoms with Gasteiger partial charge in [-0.3, -0.25) is 10.1 Å². The van der Waals surface area contributed by atoms with Crippen LogP contribution in [-0.2, 0) is 10.0 Å². The van der Waals surface area contributed by atoms with E-state index in [1.807, 2.05) is 30.3 Å². The number of ether oxygens (including phenoxy) is 1. The molecule has 1 aromatic heterocycles. The van der Waals surface area contributed by atoms with Crippen LogP contribution in [0.15, 0.2) is 65.6 Å². The summed E-state index contributed by atoms with van der Waals surface area (Å²) in [5, 5.41) is 13.4. The first-order chi connectivity index (χ1) is 14.9. The molecule has 0 aliphatic carbocycles. The molecule has 158 valence electrons. The number of nitro groups is 1. The fraction of sp³-hybridized carbons (Fsp3) is 0.182. The van der Waals surface area contributed by atoms with Crippen LogP contribution in [0.2, 0.25) is 0 Å². The van der Waals surface area contributed by atoms with E-state index in [-0.39, 0.29) is 16.3 Å². The summed E-state index contributed by atoms with van der Waals surface area (Å²) in [6, 6.07) is 17.0. The SMILES string of the molecule is O=[N+]([O-])c1ccc(Oc2ccc3c(c2)[nH]c2ccccc23)c(S(=O)(=O)N2CCCC2)c1. The topological polar surface area (TPSA) is 106 Å². The van der Waals surface area contributed by atoms with E-state index in [2.05, 4.69) is 4.98 Å². The van der Waals surface area contributed by atoms with E-state index in [0.29, 0.717) is 18.8 Å². The molecule has 0 saturated carbocycles. The number of aromatic amines is 1. The Bertz CT molecular complexity index is 1420. The lowest BCUT2D eigenvalue weighted by molar-refractivity contribution is -0.385. The quantitative estimate of drug-likeness (QED) is 0.356. The first-order valence-electron chi connectivity index (χ1n) is 9.90. The minimum Gasteiger partial charge on any atom is -0.456 e. The van der Waals surface area contributed by atoms with Crippen LogP contribution in [0.25, 0.3) is 21.8 Å². The standard InChI is InChI=1S/C22H19N3O5S/c26-25(27)15-7-10-21(22(13-15)31(28,29)24-11-3-4-12-24)30-16-8-9-18-17-5-1-2-6-19(17)23-20(18)14-16/h1-2,5-10,13-14,23H,3-4,11-12H2. The Balaban J connectivity index is 1.58. The second kappa shape index (κ2) is 7.36. The van der Waals surface area contributed by atoms with Crippen LogP contribution < -0.4 is 4.74 Å². The molecule has 0 bridgehead atoms. The number of sulfonamides is 1. The van der Waals surface area contributed by atoms with Crippen LogP contribution in [0.3, 0.4) is 0 Å².